The summed E-state index contributed by atoms with van der Waals surface area (Å²) in [6.07, 6.45) is 4.52. The van der Waals surface area contributed by atoms with Crippen molar-refractivity contribution in [1.82, 2.24) is 9.78 Å². The summed E-state index contributed by atoms with van der Waals surface area (Å²) in [7, 11) is 3.31. The Hall–Kier alpha value is -3.58. The average molecular weight is 544 g/mol. The molecule has 1 aliphatic heterocycles. The van der Waals surface area contributed by atoms with Crippen molar-refractivity contribution in [3.63, 3.8) is 0 Å². The quantitative estimate of drug-likeness (QED) is 0.287. The fraction of sp³-hybridized carbons (Fsp3) is 0.241. The largest absolute Gasteiger partial charge is 0.497 e. The predicted octanol–water partition coefficient (Wildman–Crippen LogP) is 6.29. The number of para-hydroxylation sites is 1. The number of halogens is 1. The minimum Gasteiger partial charge on any atom is -0.497 e. The molecule has 182 valence electrons. The van der Waals surface area contributed by atoms with Crippen molar-refractivity contribution in [2.24, 2.45) is 0 Å². The fourth-order valence-electron chi connectivity index (χ4n) is 5.44. The lowest BCUT2D eigenvalue weighted by Gasteiger charge is -2.37. The molecule has 0 N–H and O–H groups in total. The van der Waals surface area contributed by atoms with E-state index < -0.39 is 5.41 Å². The van der Waals surface area contributed by atoms with Gasteiger partial charge in [0, 0.05) is 10.0 Å². The summed E-state index contributed by atoms with van der Waals surface area (Å²) in [5, 5.41) is 4.62. The molecule has 7 heteroatoms. The second-order valence-electron chi connectivity index (χ2n) is 9.34. The highest BCUT2D eigenvalue weighted by molar-refractivity contribution is 9.10. The van der Waals surface area contributed by atoms with E-state index in [4.69, 9.17) is 9.47 Å². The molecular weight excluding hydrogens is 518 g/mol. The van der Waals surface area contributed by atoms with E-state index in [1.54, 1.807) is 20.4 Å². The number of amides is 1. The number of hydrogen-bond acceptors (Lipinski definition) is 4. The third-order valence-electron chi connectivity index (χ3n) is 7.44. The molecular formula is C29H26BrN3O3. The Morgan fingerprint density at radius 2 is 1.75 bits per heavy atom. The Bertz CT molecular complexity index is 1440. The van der Waals surface area contributed by atoms with Crippen molar-refractivity contribution in [2.75, 3.05) is 19.1 Å². The average Bonchev–Trinajstić information content (AvgIpc) is 3.42. The van der Waals surface area contributed by atoms with Gasteiger partial charge in [-0.05, 0) is 76.3 Å². The Kier molecular flexibility index (Phi) is 5.60. The maximum atomic E-state index is 13.9. The van der Waals surface area contributed by atoms with Crippen LogP contribution >= 0.6 is 15.9 Å². The number of rotatable bonds is 6. The van der Waals surface area contributed by atoms with E-state index in [0.717, 1.165) is 63.2 Å². The minimum absolute atomic E-state index is 0.181. The smallest absolute Gasteiger partial charge is 0.238 e. The molecule has 1 aliphatic carbocycles. The van der Waals surface area contributed by atoms with Crippen LogP contribution in [0.1, 0.15) is 30.4 Å². The number of ether oxygens (including phenoxy) is 2. The number of hydrogen-bond donors (Lipinski definition) is 0. The topological polar surface area (TPSA) is 56.6 Å². The number of fused-ring (bicyclic) bond motifs is 2. The van der Waals surface area contributed by atoms with Gasteiger partial charge in [0.05, 0.1) is 43.8 Å². The zero-order chi connectivity index (χ0) is 24.9. The fourth-order valence-corrected chi connectivity index (χ4v) is 6.11. The van der Waals surface area contributed by atoms with Crippen LogP contribution in [0.3, 0.4) is 0 Å². The zero-order valence-electron chi connectivity index (χ0n) is 20.2. The monoisotopic (exact) mass is 543 g/mol. The molecule has 6 nitrogen and oxygen atoms in total. The molecule has 0 saturated heterocycles. The minimum atomic E-state index is -0.467. The lowest BCUT2D eigenvalue weighted by atomic mass is 9.65. The number of methoxy groups -OCH3 is 2. The second kappa shape index (κ2) is 8.82. The van der Waals surface area contributed by atoms with E-state index in [1.807, 2.05) is 64.2 Å². The van der Waals surface area contributed by atoms with Gasteiger partial charge in [0.15, 0.2) is 5.75 Å². The molecule has 0 unspecified atom stereocenters. The number of carbonyl (C=O) groups excluding carboxylic acids is 1. The van der Waals surface area contributed by atoms with Crippen molar-refractivity contribution in [3.05, 3.63) is 88.5 Å². The summed E-state index contributed by atoms with van der Waals surface area (Å²) in [5.74, 6) is 1.67. The normalized spacial score (nSPS) is 15.6. The molecule has 1 aromatic heterocycles. The van der Waals surface area contributed by atoms with Gasteiger partial charge in [-0.15, -0.1) is 0 Å². The van der Waals surface area contributed by atoms with Gasteiger partial charge in [-0.2, -0.15) is 5.10 Å². The van der Waals surface area contributed by atoms with Gasteiger partial charge in [0.25, 0.3) is 0 Å². The van der Waals surface area contributed by atoms with Crippen LogP contribution in [0, 0.1) is 0 Å². The highest BCUT2D eigenvalue weighted by atomic mass is 79.9. The first-order chi connectivity index (χ1) is 17.6. The number of anilines is 1. The first kappa shape index (κ1) is 22.9. The van der Waals surface area contributed by atoms with Gasteiger partial charge in [0.1, 0.15) is 11.4 Å². The van der Waals surface area contributed by atoms with Crippen LogP contribution in [0.5, 0.6) is 11.5 Å². The molecule has 2 heterocycles. The molecule has 36 heavy (non-hydrogen) atoms. The van der Waals surface area contributed by atoms with Gasteiger partial charge >= 0.3 is 0 Å². The standard InChI is InChI=1S/C29H26BrN3O3/c1-35-22-11-9-19(10-12-22)18-32-27-23(29(28(32)34)13-6-14-29)15-20(16-24(27)30)26-25(36-2)17-31-33(26)21-7-4-3-5-8-21/h3-5,7-12,15-17H,6,13-14,18H2,1-2H3. The van der Waals surface area contributed by atoms with Gasteiger partial charge in [0.2, 0.25) is 5.91 Å². The first-order valence-corrected chi connectivity index (χ1v) is 12.8. The maximum absolute atomic E-state index is 13.9. The zero-order valence-corrected chi connectivity index (χ0v) is 21.8. The van der Waals surface area contributed by atoms with Crippen LogP contribution in [0.25, 0.3) is 16.9 Å². The summed E-state index contributed by atoms with van der Waals surface area (Å²) in [4.78, 5) is 15.8. The molecule has 2 aliphatic rings. The Labute approximate surface area is 218 Å². The van der Waals surface area contributed by atoms with Crippen LogP contribution in [0.4, 0.5) is 5.69 Å². The molecule has 1 fully saturated rings. The first-order valence-electron chi connectivity index (χ1n) is 12.0. The predicted molar refractivity (Wildman–Crippen MR) is 143 cm³/mol. The lowest BCUT2D eigenvalue weighted by molar-refractivity contribution is -0.126. The molecule has 1 saturated carbocycles. The van der Waals surface area contributed by atoms with Crippen LogP contribution < -0.4 is 14.4 Å². The Morgan fingerprint density at radius 1 is 1.00 bits per heavy atom. The third-order valence-corrected chi connectivity index (χ3v) is 8.04. The van der Waals surface area contributed by atoms with E-state index in [-0.39, 0.29) is 5.91 Å². The van der Waals surface area contributed by atoms with Crippen molar-refractivity contribution < 1.29 is 14.3 Å². The number of nitrogens with zero attached hydrogens (tertiary/aromatic N) is 3. The summed E-state index contributed by atoms with van der Waals surface area (Å²) in [5.41, 5.74) is 5.41. The molecule has 0 bridgehead atoms. The lowest BCUT2D eigenvalue weighted by Crippen LogP contribution is -2.44. The van der Waals surface area contributed by atoms with Crippen molar-refractivity contribution in [3.8, 4) is 28.4 Å². The van der Waals surface area contributed by atoms with E-state index in [2.05, 4.69) is 33.2 Å². The highest BCUT2D eigenvalue weighted by Crippen LogP contribution is 2.57. The highest BCUT2D eigenvalue weighted by Gasteiger charge is 2.55. The summed E-state index contributed by atoms with van der Waals surface area (Å²) < 4.78 is 13.8. The Morgan fingerprint density at radius 3 is 2.39 bits per heavy atom. The van der Waals surface area contributed by atoms with Crippen molar-refractivity contribution in [1.29, 1.82) is 0 Å². The van der Waals surface area contributed by atoms with E-state index in [1.165, 1.54) is 0 Å². The molecule has 1 spiro atoms. The summed E-state index contributed by atoms with van der Waals surface area (Å²) in [6.45, 7) is 0.515. The SMILES string of the molecule is COc1ccc(CN2C(=O)C3(CCC3)c3cc(-c4c(OC)cnn4-c4ccccc4)cc(Br)c32)cc1. The molecule has 6 rings (SSSR count). The van der Waals surface area contributed by atoms with Crippen LogP contribution in [-0.2, 0) is 16.8 Å². The van der Waals surface area contributed by atoms with Crippen LogP contribution in [-0.4, -0.2) is 29.9 Å². The van der Waals surface area contributed by atoms with Gasteiger partial charge in [-0.25, -0.2) is 4.68 Å². The van der Waals surface area contributed by atoms with Crippen molar-refractivity contribution >= 4 is 27.5 Å². The molecule has 0 atom stereocenters. The van der Waals surface area contributed by atoms with Crippen LogP contribution in [0.15, 0.2) is 77.4 Å². The number of aromatic nitrogens is 2. The molecule has 4 aromatic rings. The van der Waals surface area contributed by atoms with Crippen LogP contribution in [0.2, 0.25) is 0 Å². The van der Waals surface area contributed by atoms with E-state index >= 15 is 0 Å². The van der Waals surface area contributed by atoms with E-state index in [0.29, 0.717) is 12.3 Å². The molecule has 3 aromatic carbocycles. The third kappa shape index (κ3) is 3.45. The van der Waals surface area contributed by atoms with Crippen molar-refractivity contribution in [2.45, 2.75) is 31.2 Å². The maximum Gasteiger partial charge on any atom is 0.238 e. The summed E-state index contributed by atoms with van der Waals surface area (Å²) in [6, 6.07) is 22.2. The molecule has 0 radical (unpaired) electrons. The van der Waals surface area contributed by atoms with Gasteiger partial charge < -0.3 is 14.4 Å². The second-order valence-corrected chi connectivity index (χ2v) is 10.2. The number of carbonyl (C=O) groups is 1. The summed E-state index contributed by atoms with van der Waals surface area (Å²) >= 11 is 3.84. The number of benzene rings is 3. The van der Waals surface area contributed by atoms with Gasteiger partial charge in [-0.1, -0.05) is 36.8 Å². The van der Waals surface area contributed by atoms with Gasteiger partial charge in [-0.3, -0.25) is 4.79 Å². The molecule has 1 amide bonds. The van der Waals surface area contributed by atoms with E-state index in [9.17, 15) is 4.79 Å². The Balaban J connectivity index is 1.47.